The first-order chi connectivity index (χ1) is 14.7. The highest BCUT2D eigenvalue weighted by Gasteiger charge is 2.15. The molecule has 0 aliphatic heterocycles. The van der Waals surface area contributed by atoms with E-state index >= 15 is 0 Å². The Morgan fingerprint density at radius 1 is 1.10 bits per heavy atom. The van der Waals surface area contributed by atoms with Crippen LogP contribution in [-0.4, -0.2) is 29.8 Å². The molecule has 0 saturated carbocycles. The van der Waals surface area contributed by atoms with Crippen molar-refractivity contribution in [2.45, 2.75) is 43.6 Å². The minimum atomic E-state index is -0.0115. The SMILES string of the molecule is CCCCCn1c(SCc2nnnn2-c2ccccc2)nc2ccc(Br)cc2c1=O. The van der Waals surface area contributed by atoms with Gasteiger partial charge < -0.3 is 0 Å². The number of hydrogen-bond donors (Lipinski definition) is 0. The number of rotatable bonds is 8. The zero-order valence-corrected chi connectivity index (χ0v) is 18.9. The summed E-state index contributed by atoms with van der Waals surface area (Å²) in [6.45, 7) is 2.80. The Morgan fingerprint density at radius 2 is 1.93 bits per heavy atom. The maximum atomic E-state index is 13.2. The van der Waals surface area contributed by atoms with Crippen LogP contribution in [0, 0.1) is 0 Å². The van der Waals surface area contributed by atoms with Gasteiger partial charge in [0.2, 0.25) is 0 Å². The third-order valence-electron chi connectivity index (χ3n) is 4.73. The molecule has 0 fully saturated rings. The number of benzene rings is 2. The molecule has 0 aliphatic rings. The van der Waals surface area contributed by atoms with E-state index in [1.807, 2.05) is 48.5 Å². The molecule has 0 atom stereocenters. The Balaban J connectivity index is 1.67. The Labute approximate surface area is 186 Å². The van der Waals surface area contributed by atoms with Gasteiger partial charge in [-0.05, 0) is 47.2 Å². The van der Waals surface area contributed by atoms with Crippen LogP contribution in [0.4, 0.5) is 0 Å². The van der Waals surface area contributed by atoms with E-state index in [9.17, 15) is 4.79 Å². The maximum absolute atomic E-state index is 13.2. The molecule has 0 unspecified atom stereocenters. The lowest BCUT2D eigenvalue weighted by atomic mass is 10.2. The van der Waals surface area contributed by atoms with Crippen LogP contribution in [0.3, 0.4) is 0 Å². The average Bonchev–Trinajstić information content (AvgIpc) is 3.24. The van der Waals surface area contributed by atoms with E-state index in [2.05, 4.69) is 38.4 Å². The van der Waals surface area contributed by atoms with Gasteiger partial charge in [0.1, 0.15) is 0 Å². The van der Waals surface area contributed by atoms with E-state index in [1.54, 1.807) is 9.25 Å². The van der Waals surface area contributed by atoms with Gasteiger partial charge in [0.05, 0.1) is 22.3 Å². The molecular weight excluding hydrogens is 464 g/mol. The van der Waals surface area contributed by atoms with Crippen molar-refractivity contribution in [3.8, 4) is 5.69 Å². The summed E-state index contributed by atoms with van der Waals surface area (Å²) in [7, 11) is 0. The molecule has 0 saturated heterocycles. The van der Waals surface area contributed by atoms with Gasteiger partial charge in [0.25, 0.3) is 5.56 Å². The van der Waals surface area contributed by atoms with E-state index in [0.717, 1.165) is 29.4 Å². The number of halogens is 1. The lowest BCUT2D eigenvalue weighted by Crippen LogP contribution is -2.23. The van der Waals surface area contributed by atoms with Crippen molar-refractivity contribution in [3.63, 3.8) is 0 Å². The summed E-state index contributed by atoms with van der Waals surface area (Å²) in [5.41, 5.74) is 1.58. The summed E-state index contributed by atoms with van der Waals surface area (Å²) < 4.78 is 4.37. The molecule has 7 nitrogen and oxygen atoms in total. The number of aromatic nitrogens is 6. The van der Waals surface area contributed by atoms with Gasteiger partial charge in [-0.3, -0.25) is 9.36 Å². The van der Waals surface area contributed by atoms with Crippen LogP contribution in [0.25, 0.3) is 16.6 Å². The zero-order valence-electron chi connectivity index (χ0n) is 16.5. The first-order valence-electron chi connectivity index (χ1n) is 9.83. The molecule has 154 valence electrons. The summed E-state index contributed by atoms with van der Waals surface area (Å²) in [5, 5.41) is 13.4. The normalized spacial score (nSPS) is 11.3. The maximum Gasteiger partial charge on any atom is 0.262 e. The summed E-state index contributed by atoms with van der Waals surface area (Å²) in [6, 6.07) is 15.4. The highest BCUT2D eigenvalue weighted by Crippen LogP contribution is 2.24. The second kappa shape index (κ2) is 9.53. The summed E-state index contributed by atoms with van der Waals surface area (Å²) in [4.78, 5) is 18.0. The number of thioether (sulfide) groups is 1. The van der Waals surface area contributed by atoms with Crippen molar-refractivity contribution in [1.82, 2.24) is 29.8 Å². The van der Waals surface area contributed by atoms with Gasteiger partial charge in [-0.15, -0.1) is 5.10 Å². The number of nitrogens with zero attached hydrogens (tertiary/aromatic N) is 6. The molecular formula is C21H21BrN6OS. The molecule has 2 heterocycles. The Morgan fingerprint density at radius 3 is 2.73 bits per heavy atom. The van der Waals surface area contributed by atoms with E-state index < -0.39 is 0 Å². The molecule has 2 aromatic heterocycles. The van der Waals surface area contributed by atoms with E-state index in [4.69, 9.17) is 4.98 Å². The number of fused-ring (bicyclic) bond motifs is 1. The van der Waals surface area contributed by atoms with Crippen LogP contribution >= 0.6 is 27.7 Å². The lowest BCUT2D eigenvalue weighted by molar-refractivity contribution is 0.541. The van der Waals surface area contributed by atoms with Crippen LogP contribution in [0.2, 0.25) is 0 Å². The molecule has 0 amide bonds. The first-order valence-corrected chi connectivity index (χ1v) is 11.6. The topological polar surface area (TPSA) is 78.5 Å². The number of para-hydroxylation sites is 1. The summed E-state index contributed by atoms with van der Waals surface area (Å²) in [5.74, 6) is 1.21. The minimum absolute atomic E-state index is 0.0115. The highest BCUT2D eigenvalue weighted by molar-refractivity contribution is 9.10. The molecule has 0 bridgehead atoms. The Bertz CT molecular complexity index is 1210. The molecule has 0 radical (unpaired) electrons. The van der Waals surface area contributed by atoms with Crippen molar-refractivity contribution >= 4 is 38.6 Å². The van der Waals surface area contributed by atoms with Gasteiger partial charge in [-0.2, -0.15) is 4.68 Å². The Hall–Kier alpha value is -2.52. The largest absolute Gasteiger partial charge is 0.287 e. The third kappa shape index (κ3) is 4.46. The Kier molecular flexibility index (Phi) is 6.59. The molecule has 30 heavy (non-hydrogen) atoms. The van der Waals surface area contributed by atoms with Gasteiger partial charge in [-0.1, -0.05) is 65.7 Å². The molecule has 0 aliphatic carbocycles. The highest BCUT2D eigenvalue weighted by atomic mass is 79.9. The summed E-state index contributed by atoms with van der Waals surface area (Å²) >= 11 is 4.94. The third-order valence-corrected chi connectivity index (χ3v) is 6.20. The molecule has 0 spiro atoms. The van der Waals surface area contributed by atoms with E-state index in [-0.39, 0.29) is 5.56 Å². The van der Waals surface area contributed by atoms with Crippen LogP contribution in [0.15, 0.2) is 63.0 Å². The first kappa shape index (κ1) is 20.7. The zero-order chi connectivity index (χ0) is 20.9. The smallest absolute Gasteiger partial charge is 0.262 e. The van der Waals surface area contributed by atoms with Crippen molar-refractivity contribution in [3.05, 3.63) is 69.2 Å². The van der Waals surface area contributed by atoms with E-state index in [0.29, 0.717) is 34.2 Å². The predicted octanol–water partition coefficient (Wildman–Crippen LogP) is 4.62. The fraction of sp³-hybridized carbons (Fsp3) is 0.286. The van der Waals surface area contributed by atoms with Crippen LogP contribution in [0.1, 0.15) is 32.0 Å². The molecule has 4 aromatic rings. The van der Waals surface area contributed by atoms with Crippen LogP contribution in [-0.2, 0) is 12.3 Å². The molecule has 9 heteroatoms. The van der Waals surface area contributed by atoms with E-state index in [1.165, 1.54) is 11.8 Å². The number of hydrogen-bond acceptors (Lipinski definition) is 6. The summed E-state index contributed by atoms with van der Waals surface area (Å²) in [6.07, 6.45) is 3.10. The second-order valence-electron chi connectivity index (χ2n) is 6.85. The van der Waals surface area contributed by atoms with Crippen molar-refractivity contribution < 1.29 is 0 Å². The molecule has 2 aromatic carbocycles. The van der Waals surface area contributed by atoms with Gasteiger partial charge in [-0.25, -0.2) is 4.98 Å². The van der Waals surface area contributed by atoms with Gasteiger partial charge in [0.15, 0.2) is 11.0 Å². The standard InChI is InChI=1S/C21H21BrN6OS/c1-2-3-7-12-27-20(29)17-13-15(22)10-11-18(17)23-21(27)30-14-19-24-25-26-28(19)16-8-5-4-6-9-16/h4-6,8-11,13H,2-3,7,12,14H2,1H3. The second-order valence-corrected chi connectivity index (χ2v) is 8.71. The lowest BCUT2D eigenvalue weighted by Gasteiger charge is -2.13. The quantitative estimate of drug-likeness (QED) is 0.206. The van der Waals surface area contributed by atoms with Crippen molar-refractivity contribution in [2.75, 3.05) is 0 Å². The number of unbranched alkanes of at least 4 members (excludes halogenated alkanes) is 2. The minimum Gasteiger partial charge on any atom is -0.287 e. The average molecular weight is 485 g/mol. The number of tetrazole rings is 1. The van der Waals surface area contributed by atoms with Crippen LogP contribution in [0.5, 0.6) is 0 Å². The monoisotopic (exact) mass is 484 g/mol. The van der Waals surface area contributed by atoms with Crippen molar-refractivity contribution in [1.29, 1.82) is 0 Å². The van der Waals surface area contributed by atoms with Crippen molar-refractivity contribution in [2.24, 2.45) is 0 Å². The molecule has 4 rings (SSSR count). The van der Waals surface area contributed by atoms with Gasteiger partial charge in [0, 0.05) is 11.0 Å². The fourth-order valence-electron chi connectivity index (χ4n) is 3.19. The predicted molar refractivity (Wildman–Crippen MR) is 122 cm³/mol. The fourth-order valence-corrected chi connectivity index (χ4v) is 4.49. The van der Waals surface area contributed by atoms with Crippen LogP contribution < -0.4 is 5.56 Å². The van der Waals surface area contributed by atoms with Gasteiger partial charge >= 0.3 is 0 Å². The molecule has 0 N–H and O–H groups in total.